The Labute approximate surface area is 125 Å². The van der Waals surface area contributed by atoms with Gasteiger partial charge in [0.2, 0.25) is 0 Å². The van der Waals surface area contributed by atoms with Crippen molar-refractivity contribution in [3.8, 4) is 0 Å². The third kappa shape index (κ3) is 4.52. The third-order valence-corrected chi connectivity index (χ3v) is 3.91. The van der Waals surface area contributed by atoms with E-state index in [0.717, 1.165) is 18.5 Å². The van der Waals surface area contributed by atoms with Gasteiger partial charge in [-0.15, -0.1) is 0 Å². The molecule has 3 N–H and O–H groups in total. The fourth-order valence-corrected chi connectivity index (χ4v) is 2.49. The SMILES string of the molecule is CNCCc1ccccc1C(=O)NCC1(O)CCOCC1. The maximum Gasteiger partial charge on any atom is 0.251 e. The molecular weight excluding hydrogens is 268 g/mol. The summed E-state index contributed by atoms with van der Waals surface area (Å²) in [5, 5.41) is 16.3. The van der Waals surface area contributed by atoms with Gasteiger partial charge in [0.15, 0.2) is 0 Å². The van der Waals surface area contributed by atoms with Crippen LogP contribution in [-0.2, 0) is 11.2 Å². The molecule has 5 nitrogen and oxygen atoms in total. The lowest BCUT2D eigenvalue weighted by Gasteiger charge is -2.32. The van der Waals surface area contributed by atoms with Crippen molar-refractivity contribution < 1.29 is 14.6 Å². The first kappa shape index (κ1) is 15.9. The van der Waals surface area contributed by atoms with Gasteiger partial charge in [0.05, 0.1) is 5.60 Å². The molecule has 5 heteroatoms. The van der Waals surface area contributed by atoms with Gasteiger partial charge in [-0.2, -0.15) is 0 Å². The zero-order chi connectivity index (χ0) is 15.1. The van der Waals surface area contributed by atoms with Crippen molar-refractivity contribution in [2.24, 2.45) is 0 Å². The Morgan fingerprint density at radius 3 is 2.76 bits per heavy atom. The van der Waals surface area contributed by atoms with Gasteiger partial charge in [-0.25, -0.2) is 0 Å². The van der Waals surface area contributed by atoms with Crippen molar-refractivity contribution in [3.05, 3.63) is 35.4 Å². The number of ether oxygens (including phenoxy) is 1. The van der Waals surface area contributed by atoms with Crippen molar-refractivity contribution in [2.75, 3.05) is 33.4 Å². The molecule has 21 heavy (non-hydrogen) atoms. The van der Waals surface area contributed by atoms with E-state index in [0.29, 0.717) is 31.6 Å². The Balaban J connectivity index is 1.96. The molecule has 1 heterocycles. The minimum atomic E-state index is -0.839. The highest BCUT2D eigenvalue weighted by Crippen LogP contribution is 2.19. The van der Waals surface area contributed by atoms with Gasteiger partial charge < -0.3 is 20.5 Å². The lowest BCUT2D eigenvalue weighted by atomic mass is 9.94. The summed E-state index contributed by atoms with van der Waals surface area (Å²) in [6, 6.07) is 7.60. The average Bonchev–Trinajstić information content (AvgIpc) is 2.52. The normalized spacial score (nSPS) is 17.4. The number of carbonyl (C=O) groups is 1. The summed E-state index contributed by atoms with van der Waals surface area (Å²) in [4.78, 5) is 12.3. The summed E-state index contributed by atoms with van der Waals surface area (Å²) in [6.45, 7) is 2.19. The predicted molar refractivity (Wildman–Crippen MR) is 81.4 cm³/mol. The Morgan fingerprint density at radius 2 is 2.05 bits per heavy atom. The van der Waals surface area contributed by atoms with Gasteiger partial charge in [-0.05, 0) is 31.6 Å². The topological polar surface area (TPSA) is 70.6 Å². The highest BCUT2D eigenvalue weighted by Gasteiger charge is 2.30. The number of amides is 1. The van der Waals surface area contributed by atoms with Crippen LogP contribution in [0.1, 0.15) is 28.8 Å². The van der Waals surface area contributed by atoms with E-state index in [4.69, 9.17) is 4.74 Å². The van der Waals surface area contributed by atoms with E-state index in [1.165, 1.54) is 0 Å². The lowest BCUT2D eigenvalue weighted by molar-refractivity contribution is -0.0605. The van der Waals surface area contributed by atoms with Gasteiger partial charge in [-0.3, -0.25) is 4.79 Å². The smallest absolute Gasteiger partial charge is 0.251 e. The number of aliphatic hydroxyl groups is 1. The van der Waals surface area contributed by atoms with E-state index < -0.39 is 5.60 Å². The van der Waals surface area contributed by atoms with E-state index in [1.54, 1.807) is 0 Å². The Morgan fingerprint density at radius 1 is 1.33 bits per heavy atom. The molecule has 1 aliphatic rings. The number of hydrogen-bond acceptors (Lipinski definition) is 4. The first-order valence-corrected chi connectivity index (χ1v) is 7.45. The van der Waals surface area contributed by atoms with Crippen LogP contribution in [0, 0.1) is 0 Å². The molecule has 0 aromatic heterocycles. The molecular formula is C16H24N2O3. The number of likely N-dealkylation sites (N-methyl/N-ethyl adjacent to an activating group) is 1. The van der Waals surface area contributed by atoms with E-state index in [2.05, 4.69) is 10.6 Å². The second kappa shape index (κ2) is 7.54. The van der Waals surface area contributed by atoms with E-state index in [9.17, 15) is 9.90 Å². The Hall–Kier alpha value is -1.43. The third-order valence-electron chi connectivity index (χ3n) is 3.91. The fourth-order valence-electron chi connectivity index (χ4n) is 2.49. The summed E-state index contributed by atoms with van der Waals surface area (Å²) >= 11 is 0. The van der Waals surface area contributed by atoms with Gasteiger partial charge in [0, 0.05) is 38.2 Å². The molecule has 1 aromatic carbocycles. The second-order valence-corrected chi connectivity index (χ2v) is 5.53. The molecule has 0 spiro atoms. The van der Waals surface area contributed by atoms with Crippen LogP contribution < -0.4 is 10.6 Å². The number of rotatable bonds is 6. The first-order chi connectivity index (χ1) is 10.1. The van der Waals surface area contributed by atoms with Crippen LogP contribution in [0.2, 0.25) is 0 Å². The molecule has 0 atom stereocenters. The van der Waals surface area contributed by atoms with Crippen molar-refractivity contribution in [1.29, 1.82) is 0 Å². The quantitative estimate of drug-likeness (QED) is 0.722. The van der Waals surface area contributed by atoms with Crippen LogP contribution in [0.3, 0.4) is 0 Å². The summed E-state index contributed by atoms with van der Waals surface area (Å²) < 4.78 is 5.24. The van der Waals surface area contributed by atoms with Crippen LogP contribution in [0.25, 0.3) is 0 Å². The zero-order valence-electron chi connectivity index (χ0n) is 12.5. The molecule has 1 saturated heterocycles. The standard InChI is InChI=1S/C16H24N2O3/c1-17-9-6-13-4-2-3-5-14(13)15(19)18-12-16(20)7-10-21-11-8-16/h2-5,17,20H,6-12H2,1H3,(H,18,19). The van der Waals surface area contributed by atoms with Gasteiger partial charge in [0.1, 0.15) is 0 Å². The minimum Gasteiger partial charge on any atom is -0.388 e. The molecule has 0 aliphatic carbocycles. The molecule has 2 rings (SSSR count). The van der Waals surface area contributed by atoms with Crippen LogP contribution >= 0.6 is 0 Å². The Kier molecular flexibility index (Phi) is 5.73. The highest BCUT2D eigenvalue weighted by atomic mass is 16.5. The first-order valence-electron chi connectivity index (χ1n) is 7.45. The summed E-state index contributed by atoms with van der Waals surface area (Å²) in [5.74, 6) is -0.124. The van der Waals surface area contributed by atoms with E-state index in [-0.39, 0.29) is 12.5 Å². The maximum atomic E-state index is 12.3. The van der Waals surface area contributed by atoms with Gasteiger partial charge in [0.25, 0.3) is 5.91 Å². The number of hydrogen-bond donors (Lipinski definition) is 3. The largest absolute Gasteiger partial charge is 0.388 e. The van der Waals surface area contributed by atoms with Crippen molar-refractivity contribution in [2.45, 2.75) is 24.9 Å². The molecule has 1 aromatic rings. The van der Waals surface area contributed by atoms with Crippen molar-refractivity contribution >= 4 is 5.91 Å². The van der Waals surface area contributed by atoms with Crippen LogP contribution in [-0.4, -0.2) is 50.0 Å². The molecule has 0 unspecified atom stereocenters. The summed E-state index contributed by atoms with van der Waals surface area (Å²) in [6.07, 6.45) is 1.93. The van der Waals surface area contributed by atoms with Crippen LogP contribution in [0.4, 0.5) is 0 Å². The molecule has 1 fully saturated rings. The zero-order valence-corrected chi connectivity index (χ0v) is 12.5. The second-order valence-electron chi connectivity index (χ2n) is 5.53. The van der Waals surface area contributed by atoms with Gasteiger partial charge in [-0.1, -0.05) is 18.2 Å². The molecule has 1 aliphatic heterocycles. The Bertz CT molecular complexity index is 470. The maximum absolute atomic E-state index is 12.3. The number of nitrogens with one attached hydrogen (secondary N) is 2. The van der Waals surface area contributed by atoms with Gasteiger partial charge >= 0.3 is 0 Å². The van der Waals surface area contributed by atoms with Crippen LogP contribution in [0.5, 0.6) is 0 Å². The van der Waals surface area contributed by atoms with E-state index in [1.807, 2.05) is 31.3 Å². The molecule has 0 saturated carbocycles. The lowest BCUT2D eigenvalue weighted by Crippen LogP contribution is -2.46. The van der Waals surface area contributed by atoms with E-state index >= 15 is 0 Å². The average molecular weight is 292 g/mol. The monoisotopic (exact) mass is 292 g/mol. The minimum absolute atomic E-state index is 0.124. The number of carbonyl (C=O) groups excluding carboxylic acids is 1. The number of benzene rings is 1. The highest BCUT2D eigenvalue weighted by molar-refractivity contribution is 5.95. The summed E-state index contributed by atoms with van der Waals surface area (Å²) in [5.41, 5.74) is 0.861. The fraction of sp³-hybridized carbons (Fsp3) is 0.562. The molecule has 0 radical (unpaired) electrons. The predicted octanol–water partition coefficient (Wildman–Crippen LogP) is 0.720. The molecule has 1 amide bonds. The van der Waals surface area contributed by atoms with Crippen molar-refractivity contribution in [1.82, 2.24) is 10.6 Å². The summed E-state index contributed by atoms with van der Waals surface area (Å²) in [7, 11) is 1.89. The molecule has 116 valence electrons. The van der Waals surface area contributed by atoms with Crippen LogP contribution in [0.15, 0.2) is 24.3 Å². The molecule has 0 bridgehead atoms. The van der Waals surface area contributed by atoms with Crippen molar-refractivity contribution in [3.63, 3.8) is 0 Å².